The third kappa shape index (κ3) is 15.3. The maximum atomic E-state index is 10.2. The van der Waals surface area contributed by atoms with Gasteiger partial charge in [-0.05, 0) is 55.3 Å². The average molecular weight is 401 g/mol. The van der Waals surface area contributed by atoms with Gasteiger partial charge in [0.2, 0.25) is 0 Å². The van der Waals surface area contributed by atoms with Crippen LogP contribution in [0.25, 0.3) is 0 Å². The minimum atomic E-state index is -0.848. The van der Waals surface area contributed by atoms with E-state index in [1.54, 1.807) is 6.92 Å². The Morgan fingerprint density at radius 3 is 1.55 bits per heavy atom. The van der Waals surface area contributed by atoms with Crippen LogP contribution in [0.5, 0.6) is 0 Å². The molecule has 1 heterocycles. The number of hydrogen-bond donors (Lipinski definition) is 3. The van der Waals surface area contributed by atoms with Crippen molar-refractivity contribution < 1.29 is 20.1 Å². The molecule has 3 N–H and O–H groups in total. The SMILES string of the molecule is C#C.C#CC.C#CC#CC#C.CC(C)CC1OC(CO)C(CC(C)C)C(O)C1O. The Hall–Kier alpha value is -2.36. The van der Waals surface area contributed by atoms with Crippen molar-refractivity contribution in [3.8, 4) is 61.7 Å². The normalized spacial score (nSPS) is 24.2. The minimum absolute atomic E-state index is 0.101. The number of ether oxygens (including phenoxy) is 1. The quantitative estimate of drug-likeness (QED) is 0.620. The monoisotopic (exact) mass is 400 g/mol. The van der Waals surface area contributed by atoms with Crippen LogP contribution >= 0.6 is 0 Å². The first kappa shape index (κ1) is 31.3. The first-order valence-electron chi connectivity index (χ1n) is 9.44. The molecule has 0 radical (unpaired) electrons. The van der Waals surface area contributed by atoms with Gasteiger partial charge in [0.1, 0.15) is 6.10 Å². The Bertz CT molecular complexity index is 581. The van der Waals surface area contributed by atoms with E-state index in [9.17, 15) is 15.3 Å². The third-order valence-corrected chi connectivity index (χ3v) is 3.83. The van der Waals surface area contributed by atoms with E-state index in [4.69, 9.17) is 17.6 Å². The molecule has 0 spiro atoms. The lowest BCUT2D eigenvalue weighted by molar-refractivity contribution is -0.214. The lowest BCUT2D eigenvalue weighted by Gasteiger charge is -2.43. The van der Waals surface area contributed by atoms with E-state index >= 15 is 0 Å². The summed E-state index contributed by atoms with van der Waals surface area (Å²) in [5.41, 5.74) is 0. The van der Waals surface area contributed by atoms with Crippen molar-refractivity contribution in [2.45, 2.75) is 71.9 Å². The van der Waals surface area contributed by atoms with Crippen LogP contribution in [0.2, 0.25) is 0 Å². The Balaban J connectivity index is -0.000000512. The molecule has 4 heteroatoms. The van der Waals surface area contributed by atoms with Crippen molar-refractivity contribution in [2.24, 2.45) is 17.8 Å². The summed E-state index contributed by atoms with van der Waals surface area (Å²) < 4.78 is 5.78. The predicted octanol–water partition coefficient (Wildman–Crippen LogP) is 2.32. The minimum Gasteiger partial charge on any atom is -0.394 e. The number of aliphatic hydroxyl groups excluding tert-OH is 3. The van der Waals surface area contributed by atoms with Gasteiger partial charge in [-0.25, -0.2) is 0 Å². The summed E-state index contributed by atoms with van der Waals surface area (Å²) in [6, 6.07) is 0. The number of terminal acetylenes is 4. The molecule has 0 aromatic rings. The van der Waals surface area contributed by atoms with Gasteiger partial charge in [-0.3, -0.25) is 0 Å². The van der Waals surface area contributed by atoms with Crippen LogP contribution < -0.4 is 0 Å². The van der Waals surface area contributed by atoms with Crippen LogP contribution in [0.1, 0.15) is 47.5 Å². The van der Waals surface area contributed by atoms with E-state index in [2.05, 4.69) is 76.6 Å². The topological polar surface area (TPSA) is 69.9 Å². The maximum absolute atomic E-state index is 10.2. The van der Waals surface area contributed by atoms with E-state index in [1.165, 1.54) is 0 Å². The molecule has 1 rings (SSSR count). The molecule has 1 aliphatic rings. The molecule has 0 aromatic heterocycles. The number of aliphatic hydroxyl groups is 3. The Labute approximate surface area is 178 Å². The summed E-state index contributed by atoms with van der Waals surface area (Å²) in [6.45, 7) is 9.78. The third-order valence-electron chi connectivity index (χ3n) is 3.83. The standard InChI is InChI=1S/C14H28O4.C6H2.C3H4.C2H2/c1-8(2)5-10-12(7-15)18-11(6-9(3)4)14(17)13(10)16;1-3-5-6-4-2;1-3-2;1-2/h8-17H,5-7H2,1-4H3;1-2H;1H,2H3;1-2H. The van der Waals surface area contributed by atoms with Gasteiger partial charge in [0.15, 0.2) is 0 Å². The summed E-state index contributed by atoms with van der Waals surface area (Å²) in [5, 5.41) is 29.8. The lowest BCUT2D eigenvalue weighted by atomic mass is 9.80. The molecule has 0 aromatic carbocycles. The first-order chi connectivity index (χ1) is 13.7. The van der Waals surface area contributed by atoms with Crippen molar-refractivity contribution in [2.75, 3.05) is 6.61 Å². The molecule has 5 atom stereocenters. The highest BCUT2D eigenvalue weighted by molar-refractivity contribution is 5.31. The molecular formula is C25H36O4. The highest BCUT2D eigenvalue weighted by Gasteiger charge is 2.43. The van der Waals surface area contributed by atoms with Crippen LogP contribution in [-0.4, -0.2) is 46.3 Å². The fraction of sp³-hybridized carbons (Fsp3) is 0.600. The van der Waals surface area contributed by atoms with Crippen molar-refractivity contribution in [1.82, 2.24) is 0 Å². The van der Waals surface area contributed by atoms with Crippen molar-refractivity contribution >= 4 is 0 Å². The molecule has 0 aliphatic carbocycles. The van der Waals surface area contributed by atoms with Crippen LogP contribution in [-0.2, 0) is 4.74 Å². The first-order valence-corrected chi connectivity index (χ1v) is 9.44. The van der Waals surface area contributed by atoms with Crippen LogP contribution in [0.3, 0.4) is 0 Å². The average Bonchev–Trinajstić information content (AvgIpc) is 2.68. The van der Waals surface area contributed by atoms with Gasteiger partial charge in [0.05, 0.1) is 24.9 Å². The Morgan fingerprint density at radius 2 is 1.24 bits per heavy atom. The smallest absolute Gasteiger partial charge is 0.106 e. The van der Waals surface area contributed by atoms with Gasteiger partial charge in [-0.2, -0.15) is 0 Å². The molecule has 1 fully saturated rings. The van der Waals surface area contributed by atoms with Crippen LogP contribution in [0.15, 0.2) is 0 Å². The van der Waals surface area contributed by atoms with Gasteiger partial charge < -0.3 is 20.1 Å². The van der Waals surface area contributed by atoms with Gasteiger partial charge in [0.25, 0.3) is 0 Å². The molecule has 1 saturated heterocycles. The second-order valence-electron chi connectivity index (χ2n) is 7.13. The zero-order chi connectivity index (χ0) is 23.4. The van der Waals surface area contributed by atoms with Crippen molar-refractivity contribution in [3.63, 3.8) is 0 Å². The summed E-state index contributed by atoms with van der Waals surface area (Å²) in [5.74, 6) is 11.5. The fourth-order valence-corrected chi connectivity index (χ4v) is 2.84. The van der Waals surface area contributed by atoms with E-state index in [0.29, 0.717) is 18.3 Å². The van der Waals surface area contributed by atoms with E-state index < -0.39 is 12.2 Å². The fourth-order valence-electron chi connectivity index (χ4n) is 2.84. The van der Waals surface area contributed by atoms with Crippen molar-refractivity contribution in [3.05, 3.63) is 0 Å². The van der Waals surface area contributed by atoms with Gasteiger partial charge in [-0.1, -0.05) is 27.7 Å². The zero-order valence-electron chi connectivity index (χ0n) is 18.3. The van der Waals surface area contributed by atoms with Crippen molar-refractivity contribution in [1.29, 1.82) is 0 Å². The largest absolute Gasteiger partial charge is 0.394 e. The molecule has 0 saturated carbocycles. The van der Waals surface area contributed by atoms with Gasteiger partial charge in [-0.15, -0.1) is 38.0 Å². The molecule has 160 valence electrons. The summed E-state index contributed by atoms with van der Waals surface area (Å²) in [7, 11) is 0. The molecular weight excluding hydrogens is 364 g/mol. The second-order valence-corrected chi connectivity index (χ2v) is 7.13. The number of hydrogen-bond acceptors (Lipinski definition) is 4. The van der Waals surface area contributed by atoms with Crippen LogP contribution in [0, 0.1) is 79.5 Å². The molecule has 29 heavy (non-hydrogen) atoms. The van der Waals surface area contributed by atoms with E-state index in [1.807, 2.05) is 0 Å². The zero-order valence-corrected chi connectivity index (χ0v) is 18.3. The van der Waals surface area contributed by atoms with E-state index in [-0.39, 0.29) is 24.7 Å². The summed E-state index contributed by atoms with van der Waals surface area (Å²) >= 11 is 0. The Morgan fingerprint density at radius 1 is 0.828 bits per heavy atom. The molecule has 0 bridgehead atoms. The summed E-state index contributed by atoms with van der Waals surface area (Å²) in [6.07, 6.45) is 21.0. The lowest BCUT2D eigenvalue weighted by Crippen LogP contribution is -2.55. The molecule has 1 aliphatic heterocycles. The van der Waals surface area contributed by atoms with Gasteiger partial charge in [0, 0.05) is 5.92 Å². The number of rotatable bonds is 5. The molecule has 5 unspecified atom stereocenters. The van der Waals surface area contributed by atoms with E-state index in [0.717, 1.165) is 6.42 Å². The Kier molecular flexibility index (Phi) is 22.0. The second kappa shape index (κ2) is 20.4. The van der Waals surface area contributed by atoms with Crippen LogP contribution in [0.4, 0.5) is 0 Å². The highest BCUT2D eigenvalue weighted by atomic mass is 16.5. The summed E-state index contributed by atoms with van der Waals surface area (Å²) in [4.78, 5) is 0. The molecule has 0 amide bonds. The highest BCUT2D eigenvalue weighted by Crippen LogP contribution is 2.32. The predicted molar refractivity (Wildman–Crippen MR) is 120 cm³/mol. The van der Waals surface area contributed by atoms with Gasteiger partial charge >= 0.3 is 0 Å². The maximum Gasteiger partial charge on any atom is 0.106 e. The molecule has 4 nitrogen and oxygen atoms in total.